The number of imide groups is 1. The number of halogens is 1. The number of carbonyl (C=O) groups excluding carboxylic acids is 2. The van der Waals surface area contributed by atoms with Gasteiger partial charge in [0.25, 0.3) is 17.6 Å². The third-order valence-electron chi connectivity index (χ3n) is 6.00. The molecule has 0 unspecified atom stereocenters. The van der Waals surface area contributed by atoms with Gasteiger partial charge in [0, 0.05) is 18.5 Å². The van der Waals surface area contributed by atoms with E-state index in [-0.39, 0.29) is 28.8 Å². The first-order chi connectivity index (χ1) is 14.1. The lowest BCUT2D eigenvalue weighted by Gasteiger charge is -2.12. The molecule has 5 nitrogen and oxygen atoms in total. The van der Waals surface area contributed by atoms with E-state index in [4.69, 9.17) is 0 Å². The quantitative estimate of drug-likeness (QED) is 0.404. The Labute approximate surface area is 186 Å². The second kappa shape index (κ2) is 8.19. The third kappa shape index (κ3) is 3.39. The smallest absolute Gasteiger partial charge is 0.261 e. The number of aromatic nitrogens is 2. The number of aryl methyl sites for hydroxylation is 2. The zero-order valence-electron chi connectivity index (χ0n) is 17.0. The summed E-state index contributed by atoms with van der Waals surface area (Å²) in [5.41, 5.74) is 4.79. The van der Waals surface area contributed by atoms with E-state index < -0.39 is 0 Å². The Hall–Kier alpha value is -2.73. The lowest BCUT2D eigenvalue weighted by atomic mass is 10.1. The van der Waals surface area contributed by atoms with Gasteiger partial charge in [-0.25, -0.2) is 9.13 Å². The third-order valence-corrected chi connectivity index (χ3v) is 6.00. The number of fused-ring (bicyclic) bond motifs is 2. The Bertz CT molecular complexity index is 1080. The molecule has 30 heavy (non-hydrogen) atoms. The van der Waals surface area contributed by atoms with Crippen molar-refractivity contribution < 1.29 is 31.1 Å². The van der Waals surface area contributed by atoms with Gasteiger partial charge >= 0.3 is 0 Å². The van der Waals surface area contributed by atoms with Crippen LogP contribution in [0.5, 0.6) is 0 Å². The van der Waals surface area contributed by atoms with Crippen molar-refractivity contribution in [3.63, 3.8) is 0 Å². The maximum Gasteiger partial charge on any atom is 0.261 e. The molecule has 2 aliphatic heterocycles. The maximum atomic E-state index is 12.5. The van der Waals surface area contributed by atoms with E-state index in [1.165, 1.54) is 27.5 Å². The number of benzene rings is 2. The van der Waals surface area contributed by atoms with Crippen LogP contribution in [-0.2, 0) is 19.5 Å². The molecule has 6 heteroatoms. The van der Waals surface area contributed by atoms with Crippen molar-refractivity contribution in [1.82, 2.24) is 9.47 Å². The van der Waals surface area contributed by atoms with E-state index in [9.17, 15) is 9.59 Å². The highest BCUT2D eigenvalue weighted by Gasteiger charge is 2.35. The Morgan fingerprint density at radius 1 is 0.967 bits per heavy atom. The molecular formula is C24H24BrN3O2. The molecule has 0 saturated carbocycles. The molecule has 0 radical (unpaired) electrons. The zero-order chi connectivity index (χ0) is 20.0. The zero-order valence-corrected chi connectivity index (χ0v) is 18.6. The molecule has 0 bridgehead atoms. The van der Waals surface area contributed by atoms with Gasteiger partial charge in [-0.2, -0.15) is 0 Å². The van der Waals surface area contributed by atoms with Crippen LogP contribution in [0.2, 0.25) is 0 Å². The number of nitrogens with zero attached hydrogens (tertiary/aromatic N) is 3. The fourth-order valence-corrected chi connectivity index (χ4v) is 4.50. The minimum atomic E-state index is -0.168. The van der Waals surface area contributed by atoms with E-state index >= 15 is 0 Å². The van der Waals surface area contributed by atoms with Crippen LogP contribution in [-0.4, -0.2) is 27.8 Å². The molecule has 5 rings (SSSR count). The van der Waals surface area contributed by atoms with Gasteiger partial charge in [-0.15, -0.1) is 0 Å². The van der Waals surface area contributed by atoms with Crippen LogP contribution in [0.25, 0.3) is 11.3 Å². The highest BCUT2D eigenvalue weighted by atomic mass is 79.9. The molecule has 1 aromatic heterocycles. The summed E-state index contributed by atoms with van der Waals surface area (Å²) in [6.45, 7) is 4.40. The number of imidazole rings is 1. The van der Waals surface area contributed by atoms with E-state index in [1.807, 2.05) is 0 Å². The van der Waals surface area contributed by atoms with Crippen LogP contribution < -0.4 is 21.5 Å². The summed E-state index contributed by atoms with van der Waals surface area (Å²) in [7, 11) is 0. The molecule has 0 spiro atoms. The van der Waals surface area contributed by atoms with Gasteiger partial charge in [-0.1, -0.05) is 42.0 Å². The minimum absolute atomic E-state index is 0. The summed E-state index contributed by atoms with van der Waals surface area (Å²) in [6.07, 6.45) is 5.20. The minimum Gasteiger partial charge on any atom is -1.00 e. The van der Waals surface area contributed by atoms with E-state index in [0.717, 1.165) is 32.4 Å². The number of carbonyl (C=O) groups is 2. The Kier molecular flexibility index (Phi) is 5.60. The monoisotopic (exact) mass is 465 g/mol. The molecule has 154 valence electrons. The number of hydrogen-bond donors (Lipinski definition) is 0. The topological polar surface area (TPSA) is 46.2 Å². The first kappa shape index (κ1) is 20.5. The van der Waals surface area contributed by atoms with Gasteiger partial charge < -0.3 is 17.0 Å². The average molecular weight is 466 g/mol. The Morgan fingerprint density at radius 3 is 2.30 bits per heavy atom. The average Bonchev–Trinajstić information content (AvgIpc) is 3.40. The number of rotatable bonds is 5. The molecule has 2 aromatic carbocycles. The van der Waals surface area contributed by atoms with Crippen molar-refractivity contribution in [2.24, 2.45) is 0 Å². The van der Waals surface area contributed by atoms with Gasteiger partial charge in [-0.05, 0) is 25.5 Å². The molecule has 3 aromatic rings. The maximum absolute atomic E-state index is 12.5. The standard InChI is InChI=1S/C24H24N3O2.BrH/c1-17-9-11-18(12-10-17)21-16-25(22-8-4-14-26(21)22)13-5-15-27-23(28)19-6-2-3-7-20(19)24(27)29;/h2-3,6-7,9-12,16H,4-5,8,13-15H2,1H3;1H/q+1;/p-1. The summed E-state index contributed by atoms with van der Waals surface area (Å²) < 4.78 is 4.72. The molecule has 0 saturated heterocycles. The van der Waals surface area contributed by atoms with Crippen molar-refractivity contribution in [3.8, 4) is 11.3 Å². The SMILES string of the molecule is Cc1ccc(-c2c[n+](CCCN3C(=O)c4ccccc4C3=O)c3n2CCC3)cc1.[Br-]. The van der Waals surface area contributed by atoms with Crippen molar-refractivity contribution in [3.05, 3.63) is 77.2 Å². The van der Waals surface area contributed by atoms with E-state index in [2.05, 4.69) is 46.5 Å². The molecule has 0 N–H and O–H groups in total. The van der Waals surface area contributed by atoms with Gasteiger partial charge in [0.1, 0.15) is 6.20 Å². The highest BCUT2D eigenvalue weighted by molar-refractivity contribution is 6.21. The van der Waals surface area contributed by atoms with Crippen LogP contribution >= 0.6 is 0 Å². The largest absolute Gasteiger partial charge is 1.00 e. The Balaban J connectivity index is 0.00000218. The fraction of sp³-hybridized carbons (Fsp3) is 0.292. The lowest BCUT2D eigenvalue weighted by Crippen LogP contribution is -3.00. The summed E-state index contributed by atoms with van der Waals surface area (Å²) in [6, 6.07) is 15.7. The van der Waals surface area contributed by atoms with Crippen LogP contribution in [0.15, 0.2) is 54.7 Å². The van der Waals surface area contributed by atoms with Crippen molar-refractivity contribution >= 4 is 11.8 Å². The fourth-order valence-electron chi connectivity index (χ4n) is 4.50. The van der Waals surface area contributed by atoms with Crippen LogP contribution in [0.1, 0.15) is 44.9 Å². The second-order valence-electron chi connectivity index (χ2n) is 7.91. The molecule has 2 aliphatic rings. The molecular weight excluding hydrogens is 442 g/mol. The summed E-state index contributed by atoms with van der Waals surface area (Å²) in [5.74, 6) is 0.999. The van der Waals surface area contributed by atoms with E-state index in [1.54, 1.807) is 24.3 Å². The second-order valence-corrected chi connectivity index (χ2v) is 7.91. The van der Waals surface area contributed by atoms with Gasteiger partial charge in [0.15, 0.2) is 5.69 Å². The van der Waals surface area contributed by atoms with Crippen molar-refractivity contribution in [2.75, 3.05) is 6.54 Å². The number of hydrogen-bond acceptors (Lipinski definition) is 2. The normalized spacial score (nSPS) is 14.6. The predicted octanol–water partition coefficient (Wildman–Crippen LogP) is 0.388. The Morgan fingerprint density at radius 2 is 1.63 bits per heavy atom. The molecule has 0 aliphatic carbocycles. The molecule has 2 amide bonds. The summed E-state index contributed by atoms with van der Waals surface area (Å²) in [5, 5.41) is 0. The van der Waals surface area contributed by atoms with Gasteiger partial charge in [0.2, 0.25) is 0 Å². The molecule has 3 heterocycles. The first-order valence-corrected chi connectivity index (χ1v) is 10.3. The summed E-state index contributed by atoms with van der Waals surface area (Å²) >= 11 is 0. The van der Waals surface area contributed by atoms with Gasteiger partial charge in [-0.3, -0.25) is 14.5 Å². The highest BCUT2D eigenvalue weighted by Crippen LogP contribution is 2.26. The van der Waals surface area contributed by atoms with Crippen molar-refractivity contribution in [2.45, 2.75) is 39.3 Å². The first-order valence-electron chi connectivity index (χ1n) is 10.3. The predicted molar refractivity (Wildman–Crippen MR) is 110 cm³/mol. The van der Waals surface area contributed by atoms with E-state index in [0.29, 0.717) is 17.7 Å². The van der Waals surface area contributed by atoms with Crippen LogP contribution in [0.3, 0.4) is 0 Å². The lowest BCUT2D eigenvalue weighted by molar-refractivity contribution is -0.703. The van der Waals surface area contributed by atoms with Crippen LogP contribution in [0, 0.1) is 6.92 Å². The van der Waals surface area contributed by atoms with Crippen molar-refractivity contribution in [1.29, 1.82) is 0 Å². The van der Waals surface area contributed by atoms with Gasteiger partial charge in [0.05, 0.1) is 30.6 Å². The number of amides is 2. The summed E-state index contributed by atoms with van der Waals surface area (Å²) in [4.78, 5) is 26.5. The molecule has 0 atom stereocenters. The molecule has 0 fully saturated rings. The van der Waals surface area contributed by atoms with Crippen LogP contribution in [0.4, 0.5) is 0 Å².